The van der Waals surface area contributed by atoms with Gasteiger partial charge in [0.2, 0.25) is 0 Å². The van der Waals surface area contributed by atoms with Gasteiger partial charge in [-0.2, -0.15) is 32.5 Å². The van der Waals surface area contributed by atoms with Crippen LogP contribution in [0.5, 0.6) is 0 Å². The van der Waals surface area contributed by atoms with E-state index in [4.69, 9.17) is 10.5 Å². The molecule has 7 heteroatoms. The number of allylic oxidation sites excluding steroid dienone is 1. The summed E-state index contributed by atoms with van der Waals surface area (Å²) in [5, 5.41) is 17.0. The first kappa shape index (κ1) is 14.7. The Labute approximate surface area is 105 Å². The van der Waals surface area contributed by atoms with E-state index >= 15 is 0 Å². The average Bonchev–Trinajstić information content (AvgIpc) is 2.35. The summed E-state index contributed by atoms with van der Waals surface area (Å²) in [6.07, 6.45) is -4.78. The molecule has 0 spiro atoms. The molecule has 0 heterocycles. The molecule has 1 aromatic carbocycles. The monoisotopic (exact) mass is 272 g/mol. The zero-order valence-corrected chi connectivity index (χ0v) is 9.17. The fraction of sp³-hybridized carbons (Fsp3) is 0.167. The molecule has 0 aliphatic carbocycles. The Kier molecular flexibility index (Phi) is 3.91. The lowest BCUT2D eigenvalue weighted by molar-refractivity contribution is -0.289. The molecule has 0 radical (unpaired) electrons. The van der Waals surface area contributed by atoms with Crippen LogP contribution >= 0.6 is 0 Å². The third-order valence-corrected chi connectivity index (χ3v) is 2.16. The van der Waals surface area contributed by atoms with Crippen LogP contribution in [-0.2, 0) is 5.92 Å². The standard InChI is InChI=1S/C12H5F5N2/c13-11(14,12(15,16)17)10-3-1-2-8(5-10)4-9(6-18)7-19/h1-5H. The van der Waals surface area contributed by atoms with Crippen molar-refractivity contribution in [2.45, 2.75) is 12.1 Å². The van der Waals surface area contributed by atoms with Crippen molar-refractivity contribution >= 4 is 6.08 Å². The van der Waals surface area contributed by atoms with Crippen LogP contribution in [0.1, 0.15) is 11.1 Å². The van der Waals surface area contributed by atoms with Gasteiger partial charge in [0.05, 0.1) is 0 Å². The molecule has 0 aliphatic rings. The fourth-order valence-corrected chi connectivity index (χ4v) is 1.24. The van der Waals surface area contributed by atoms with Crippen LogP contribution in [0.15, 0.2) is 29.8 Å². The van der Waals surface area contributed by atoms with Crippen LogP contribution in [0.25, 0.3) is 6.08 Å². The Balaban J connectivity index is 3.28. The maximum atomic E-state index is 13.1. The molecule has 2 nitrogen and oxygen atoms in total. The van der Waals surface area contributed by atoms with Crippen LogP contribution < -0.4 is 0 Å². The molecule has 0 unspecified atom stereocenters. The van der Waals surface area contributed by atoms with E-state index < -0.39 is 23.2 Å². The summed E-state index contributed by atoms with van der Waals surface area (Å²) in [5.41, 5.74) is -1.73. The van der Waals surface area contributed by atoms with Crippen LogP contribution in [0.3, 0.4) is 0 Å². The third-order valence-electron chi connectivity index (χ3n) is 2.16. The van der Waals surface area contributed by atoms with E-state index in [2.05, 4.69) is 0 Å². The highest BCUT2D eigenvalue weighted by Gasteiger charge is 2.58. The first-order chi connectivity index (χ1) is 8.72. The Bertz CT molecular complexity index is 571. The smallest absolute Gasteiger partial charge is 0.192 e. The van der Waals surface area contributed by atoms with Crippen LogP contribution in [-0.4, -0.2) is 6.18 Å². The van der Waals surface area contributed by atoms with Gasteiger partial charge < -0.3 is 0 Å². The SMILES string of the molecule is N#CC(C#N)=Cc1cccc(C(F)(F)C(F)(F)F)c1. The predicted molar refractivity (Wildman–Crippen MR) is 55.6 cm³/mol. The third kappa shape index (κ3) is 3.08. The molecule has 0 N–H and O–H groups in total. The number of benzene rings is 1. The van der Waals surface area contributed by atoms with Crippen molar-refractivity contribution in [1.29, 1.82) is 10.5 Å². The van der Waals surface area contributed by atoms with Gasteiger partial charge in [-0.1, -0.05) is 18.2 Å². The van der Waals surface area contributed by atoms with Crippen molar-refractivity contribution in [2.75, 3.05) is 0 Å². The number of nitrogens with zero attached hydrogens (tertiary/aromatic N) is 2. The van der Waals surface area contributed by atoms with Crippen molar-refractivity contribution in [3.05, 3.63) is 41.0 Å². The second-order valence-corrected chi connectivity index (χ2v) is 3.48. The number of halogens is 5. The Morgan fingerprint density at radius 2 is 1.63 bits per heavy atom. The van der Waals surface area contributed by atoms with Gasteiger partial charge >= 0.3 is 12.1 Å². The maximum Gasteiger partial charge on any atom is 0.458 e. The first-order valence-corrected chi connectivity index (χ1v) is 4.79. The molecular formula is C12H5F5N2. The van der Waals surface area contributed by atoms with Crippen LogP contribution in [0, 0.1) is 22.7 Å². The minimum atomic E-state index is -5.71. The molecule has 0 atom stereocenters. The predicted octanol–water partition coefficient (Wildman–Crippen LogP) is 3.77. The maximum absolute atomic E-state index is 13.1. The molecule has 1 rings (SSSR count). The lowest BCUT2D eigenvalue weighted by Crippen LogP contribution is -2.33. The molecule has 0 amide bonds. The first-order valence-electron chi connectivity index (χ1n) is 4.79. The lowest BCUT2D eigenvalue weighted by Gasteiger charge is -2.20. The molecule has 0 aromatic heterocycles. The van der Waals surface area contributed by atoms with E-state index in [1.807, 2.05) is 0 Å². The van der Waals surface area contributed by atoms with Crippen LogP contribution in [0.2, 0.25) is 0 Å². The van der Waals surface area contributed by atoms with Crippen molar-refractivity contribution in [3.8, 4) is 12.1 Å². The molecule has 98 valence electrons. The van der Waals surface area contributed by atoms with E-state index in [9.17, 15) is 22.0 Å². The summed E-state index contributed by atoms with van der Waals surface area (Å²) >= 11 is 0. The van der Waals surface area contributed by atoms with E-state index in [1.165, 1.54) is 18.2 Å². The highest BCUT2D eigenvalue weighted by atomic mass is 19.4. The lowest BCUT2D eigenvalue weighted by atomic mass is 10.0. The fourth-order valence-electron chi connectivity index (χ4n) is 1.24. The van der Waals surface area contributed by atoms with E-state index in [-0.39, 0.29) is 5.56 Å². The molecular weight excluding hydrogens is 267 g/mol. The van der Waals surface area contributed by atoms with E-state index in [1.54, 1.807) is 0 Å². The number of hydrogen-bond donors (Lipinski definition) is 0. The Hall–Kier alpha value is -2.41. The summed E-state index contributed by atoms with van der Waals surface area (Å²) in [7, 11) is 0. The number of rotatable bonds is 2. The number of nitriles is 2. The Morgan fingerprint density at radius 1 is 1.05 bits per heavy atom. The summed E-state index contributed by atoms with van der Waals surface area (Å²) in [4.78, 5) is 0. The summed E-state index contributed by atoms with van der Waals surface area (Å²) in [6, 6.07) is 6.38. The number of alkyl halides is 5. The van der Waals surface area contributed by atoms with E-state index in [0.29, 0.717) is 12.1 Å². The van der Waals surface area contributed by atoms with E-state index in [0.717, 1.165) is 12.1 Å². The molecule has 0 fully saturated rings. The highest BCUT2D eigenvalue weighted by Crippen LogP contribution is 2.43. The van der Waals surface area contributed by atoms with Crippen LogP contribution in [0.4, 0.5) is 22.0 Å². The molecule has 1 aromatic rings. The van der Waals surface area contributed by atoms with Gasteiger partial charge in [0.15, 0.2) is 0 Å². The van der Waals surface area contributed by atoms with Gasteiger partial charge in [-0.05, 0) is 17.7 Å². The van der Waals surface area contributed by atoms with Crippen molar-refractivity contribution < 1.29 is 22.0 Å². The Morgan fingerprint density at radius 3 is 2.11 bits per heavy atom. The van der Waals surface area contributed by atoms with Gasteiger partial charge in [-0.15, -0.1) is 0 Å². The zero-order chi connectivity index (χ0) is 14.7. The molecule has 0 saturated heterocycles. The molecule has 0 saturated carbocycles. The van der Waals surface area contributed by atoms with Crippen molar-refractivity contribution in [2.24, 2.45) is 0 Å². The second kappa shape index (κ2) is 5.07. The quantitative estimate of drug-likeness (QED) is 0.607. The summed E-state index contributed by atoms with van der Waals surface area (Å²) in [5.74, 6) is -4.99. The second-order valence-electron chi connectivity index (χ2n) is 3.48. The molecule has 0 aliphatic heterocycles. The largest absolute Gasteiger partial charge is 0.458 e. The topological polar surface area (TPSA) is 47.6 Å². The van der Waals surface area contributed by atoms with Gasteiger partial charge in [0.25, 0.3) is 0 Å². The number of hydrogen-bond acceptors (Lipinski definition) is 2. The normalized spacial score (nSPS) is 11.3. The minimum Gasteiger partial charge on any atom is -0.192 e. The van der Waals surface area contributed by atoms with Crippen molar-refractivity contribution in [1.82, 2.24) is 0 Å². The molecule has 19 heavy (non-hydrogen) atoms. The summed E-state index contributed by atoms with van der Waals surface area (Å²) in [6.45, 7) is 0. The van der Waals surface area contributed by atoms with Gasteiger partial charge in [0, 0.05) is 5.56 Å². The van der Waals surface area contributed by atoms with Gasteiger partial charge in [0.1, 0.15) is 17.7 Å². The van der Waals surface area contributed by atoms with Gasteiger partial charge in [-0.25, -0.2) is 0 Å². The average molecular weight is 272 g/mol. The minimum absolute atomic E-state index is 0.0838. The zero-order valence-electron chi connectivity index (χ0n) is 9.17. The highest BCUT2D eigenvalue weighted by molar-refractivity contribution is 5.62. The molecule has 0 bridgehead atoms. The van der Waals surface area contributed by atoms with Crippen molar-refractivity contribution in [3.63, 3.8) is 0 Å². The van der Waals surface area contributed by atoms with Gasteiger partial charge in [-0.3, -0.25) is 0 Å². The summed E-state index contributed by atoms with van der Waals surface area (Å²) < 4.78 is 62.7.